The number of rotatable bonds is 4. The van der Waals surface area contributed by atoms with Crippen LogP contribution in [0, 0.1) is 17.7 Å². The molecule has 0 aliphatic heterocycles. The van der Waals surface area contributed by atoms with E-state index in [1.54, 1.807) is 12.1 Å². The summed E-state index contributed by atoms with van der Waals surface area (Å²) in [6.07, 6.45) is -0.0840. The number of hydrogen-bond acceptors (Lipinski definition) is 2. The maximum Gasteiger partial charge on any atom is 0.407 e. The van der Waals surface area contributed by atoms with E-state index in [1.165, 1.54) is 28.3 Å². The lowest BCUT2D eigenvalue weighted by Crippen LogP contribution is -2.26. The molecule has 5 heteroatoms. The summed E-state index contributed by atoms with van der Waals surface area (Å²) in [5.74, 6) is 5.22. The van der Waals surface area contributed by atoms with Gasteiger partial charge in [0.25, 0.3) is 0 Å². The molecule has 0 atom stereocenters. The van der Waals surface area contributed by atoms with Gasteiger partial charge in [-0.1, -0.05) is 78.0 Å². The van der Waals surface area contributed by atoms with Crippen LogP contribution in [0.1, 0.15) is 29.0 Å². The maximum atomic E-state index is 13.4. The summed E-state index contributed by atoms with van der Waals surface area (Å²) < 4.78 is 18.9. The predicted molar refractivity (Wildman–Crippen MR) is 116 cm³/mol. The van der Waals surface area contributed by atoms with E-state index in [1.807, 2.05) is 24.3 Å². The first-order valence-electron chi connectivity index (χ1n) is 9.67. The normalized spacial score (nSPS) is 11.8. The minimum Gasteiger partial charge on any atom is -0.449 e. The van der Waals surface area contributed by atoms with Gasteiger partial charge in [0, 0.05) is 24.4 Å². The molecule has 1 N–H and O–H groups in total. The molecular weight excluding hydrogens is 401 g/mol. The molecule has 0 unspecified atom stereocenters. The standard InChI is InChI=1S/C25H19ClFNO2/c26-24-17(9-7-14-23(24)27)8-5-6-15-28-25(29)30-16-22-20-12-3-1-10-18(20)19-11-2-4-13-21(19)22/h1-4,7,9-14,22H,6,15-16H2,(H,28,29). The van der Waals surface area contributed by atoms with Crippen LogP contribution in [0.25, 0.3) is 11.1 Å². The Labute approximate surface area is 179 Å². The summed E-state index contributed by atoms with van der Waals surface area (Å²) in [5, 5.41) is 2.70. The first-order chi connectivity index (χ1) is 14.6. The van der Waals surface area contributed by atoms with Crippen molar-refractivity contribution >= 4 is 17.7 Å². The number of benzene rings is 3. The van der Waals surface area contributed by atoms with Gasteiger partial charge < -0.3 is 10.1 Å². The Hall–Kier alpha value is -3.29. The van der Waals surface area contributed by atoms with Crippen LogP contribution in [0.5, 0.6) is 0 Å². The Morgan fingerprint density at radius 1 is 1.00 bits per heavy atom. The fourth-order valence-electron chi connectivity index (χ4n) is 3.63. The van der Waals surface area contributed by atoms with Gasteiger partial charge in [-0.05, 0) is 34.4 Å². The zero-order chi connectivity index (χ0) is 20.9. The number of nitrogens with one attached hydrogen (secondary N) is 1. The van der Waals surface area contributed by atoms with E-state index in [0.717, 1.165) is 0 Å². The van der Waals surface area contributed by atoms with E-state index < -0.39 is 11.9 Å². The zero-order valence-electron chi connectivity index (χ0n) is 16.1. The summed E-state index contributed by atoms with van der Waals surface area (Å²) in [7, 11) is 0. The van der Waals surface area contributed by atoms with Crippen molar-refractivity contribution in [2.24, 2.45) is 0 Å². The minimum absolute atomic E-state index is 0.00879. The van der Waals surface area contributed by atoms with Crippen LogP contribution in [-0.2, 0) is 4.74 Å². The van der Waals surface area contributed by atoms with Crippen molar-refractivity contribution in [3.8, 4) is 23.0 Å². The van der Waals surface area contributed by atoms with Gasteiger partial charge in [-0.3, -0.25) is 0 Å². The predicted octanol–water partition coefficient (Wildman–Crippen LogP) is 5.76. The topological polar surface area (TPSA) is 38.3 Å². The molecular formula is C25H19ClFNO2. The number of hydrogen-bond donors (Lipinski definition) is 1. The average molecular weight is 420 g/mol. The molecule has 0 radical (unpaired) electrons. The minimum atomic E-state index is -0.500. The molecule has 1 amide bonds. The number of amides is 1. The molecule has 4 rings (SSSR count). The van der Waals surface area contributed by atoms with Crippen LogP contribution >= 0.6 is 11.6 Å². The summed E-state index contributed by atoms with van der Waals surface area (Å²) >= 11 is 5.86. The van der Waals surface area contributed by atoms with Crippen LogP contribution in [-0.4, -0.2) is 19.2 Å². The summed E-state index contributed by atoms with van der Waals surface area (Å²) in [6, 6.07) is 20.9. The number of alkyl carbamates (subject to hydrolysis) is 1. The summed E-state index contributed by atoms with van der Waals surface area (Å²) in [5.41, 5.74) is 5.15. The fraction of sp³-hybridized carbons (Fsp3) is 0.160. The molecule has 1 aliphatic rings. The van der Waals surface area contributed by atoms with E-state index in [-0.39, 0.29) is 17.5 Å². The van der Waals surface area contributed by atoms with Gasteiger partial charge in [0.1, 0.15) is 12.4 Å². The monoisotopic (exact) mass is 419 g/mol. The van der Waals surface area contributed by atoms with Crippen LogP contribution in [0.2, 0.25) is 5.02 Å². The highest BCUT2D eigenvalue weighted by atomic mass is 35.5. The van der Waals surface area contributed by atoms with Crippen molar-refractivity contribution in [3.63, 3.8) is 0 Å². The van der Waals surface area contributed by atoms with Crippen LogP contribution in [0.15, 0.2) is 66.7 Å². The van der Waals surface area contributed by atoms with Crippen LogP contribution in [0.4, 0.5) is 9.18 Å². The largest absolute Gasteiger partial charge is 0.449 e. The number of fused-ring (bicyclic) bond motifs is 3. The molecule has 0 heterocycles. The number of halogens is 2. The fourth-order valence-corrected chi connectivity index (χ4v) is 3.81. The molecule has 0 saturated heterocycles. The van der Waals surface area contributed by atoms with Crippen molar-refractivity contribution in [2.45, 2.75) is 12.3 Å². The van der Waals surface area contributed by atoms with Gasteiger partial charge in [-0.25, -0.2) is 9.18 Å². The van der Waals surface area contributed by atoms with Gasteiger partial charge >= 0.3 is 6.09 Å². The molecule has 30 heavy (non-hydrogen) atoms. The third-order valence-corrected chi connectivity index (χ3v) is 5.42. The summed E-state index contributed by atoms with van der Waals surface area (Å²) in [4.78, 5) is 12.1. The second-order valence-electron chi connectivity index (χ2n) is 6.91. The van der Waals surface area contributed by atoms with E-state index in [4.69, 9.17) is 16.3 Å². The molecule has 0 saturated carbocycles. The molecule has 0 bridgehead atoms. The lowest BCUT2D eigenvalue weighted by atomic mass is 9.98. The van der Waals surface area contributed by atoms with E-state index in [2.05, 4.69) is 41.4 Å². The van der Waals surface area contributed by atoms with Gasteiger partial charge in [0.05, 0.1) is 5.02 Å². The molecule has 3 aromatic carbocycles. The van der Waals surface area contributed by atoms with Crippen molar-refractivity contribution in [1.29, 1.82) is 0 Å². The van der Waals surface area contributed by atoms with Crippen molar-refractivity contribution in [3.05, 3.63) is 94.3 Å². The second-order valence-corrected chi connectivity index (χ2v) is 7.28. The smallest absolute Gasteiger partial charge is 0.407 e. The second kappa shape index (κ2) is 9.02. The number of carbonyl (C=O) groups excluding carboxylic acids is 1. The first-order valence-corrected chi connectivity index (χ1v) is 10.0. The highest BCUT2D eigenvalue weighted by Gasteiger charge is 2.28. The molecule has 3 aromatic rings. The Bertz CT molecular complexity index is 1100. The highest BCUT2D eigenvalue weighted by molar-refractivity contribution is 6.31. The SMILES string of the molecule is O=C(NCCC#Cc1cccc(F)c1Cl)OCC1c2ccccc2-c2ccccc21. The third kappa shape index (κ3) is 4.17. The van der Waals surface area contributed by atoms with Crippen molar-refractivity contribution in [1.82, 2.24) is 5.32 Å². The Kier molecular flexibility index (Phi) is 6.02. The van der Waals surface area contributed by atoms with Crippen LogP contribution < -0.4 is 5.32 Å². The molecule has 0 spiro atoms. The van der Waals surface area contributed by atoms with E-state index >= 15 is 0 Å². The van der Waals surface area contributed by atoms with Crippen LogP contribution in [0.3, 0.4) is 0 Å². The maximum absolute atomic E-state index is 13.4. The van der Waals surface area contributed by atoms with Gasteiger partial charge in [-0.2, -0.15) is 0 Å². The Morgan fingerprint density at radius 2 is 1.67 bits per heavy atom. The third-order valence-electron chi connectivity index (χ3n) is 5.04. The average Bonchev–Trinajstić information content (AvgIpc) is 3.09. The van der Waals surface area contributed by atoms with Gasteiger partial charge in [0.2, 0.25) is 0 Å². The van der Waals surface area contributed by atoms with E-state index in [9.17, 15) is 9.18 Å². The van der Waals surface area contributed by atoms with Gasteiger partial charge in [-0.15, -0.1) is 0 Å². The zero-order valence-corrected chi connectivity index (χ0v) is 16.9. The lowest BCUT2D eigenvalue weighted by Gasteiger charge is -2.14. The molecule has 3 nitrogen and oxygen atoms in total. The number of ether oxygens (including phenoxy) is 1. The highest BCUT2D eigenvalue weighted by Crippen LogP contribution is 2.44. The molecule has 1 aliphatic carbocycles. The van der Waals surface area contributed by atoms with E-state index in [0.29, 0.717) is 18.5 Å². The van der Waals surface area contributed by atoms with Crippen molar-refractivity contribution < 1.29 is 13.9 Å². The number of carbonyl (C=O) groups is 1. The molecule has 150 valence electrons. The summed E-state index contributed by atoms with van der Waals surface area (Å²) in [6.45, 7) is 0.598. The lowest BCUT2D eigenvalue weighted by molar-refractivity contribution is 0.143. The van der Waals surface area contributed by atoms with Crippen molar-refractivity contribution in [2.75, 3.05) is 13.2 Å². The Balaban J connectivity index is 1.30. The van der Waals surface area contributed by atoms with Gasteiger partial charge in [0.15, 0.2) is 0 Å². The molecule has 0 aromatic heterocycles. The quantitative estimate of drug-likeness (QED) is 0.431. The molecule has 0 fully saturated rings. The Morgan fingerprint density at radius 3 is 2.37 bits per heavy atom. The first kappa shape index (κ1) is 20.0.